The zero-order valence-electron chi connectivity index (χ0n) is 11.4. The number of rotatable bonds is 5. The van der Waals surface area contributed by atoms with E-state index in [1.54, 1.807) is 0 Å². The van der Waals surface area contributed by atoms with Crippen LogP contribution in [-0.4, -0.2) is 11.7 Å². The summed E-state index contributed by atoms with van der Waals surface area (Å²) in [4.78, 5) is 0. The first-order chi connectivity index (χ1) is 10.1. The van der Waals surface area contributed by atoms with Gasteiger partial charge in [-0.15, -0.1) is 0 Å². The Kier molecular flexibility index (Phi) is 6.49. The monoisotopic (exact) mass is 382 g/mol. The lowest BCUT2D eigenvalue weighted by Gasteiger charge is -2.11. The van der Waals surface area contributed by atoms with Gasteiger partial charge >= 0.3 is 0 Å². The highest BCUT2D eigenvalue weighted by atomic mass is 79.9. The molecule has 2 aromatic rings. The van der Waals surface area contributed by atoms with Crippen molar-refractivity contribution >= 4 is 50.5 Å². The molecule has 0 aliphatic carbocycles. The van der Waals surface area contributed by atoms with Gasteiger partial charge in [0.1, 0.15) is 0 Å². The second-order valence-electron chi connectivity index (χ2n) is 4.58. The van der Waals surface area contributed by atoms with Crippen molar-refractivity contribution in [2.24, 2.45) is 0 Å². The first-order valence-corrected chi connectivity index (χ1v) is 8.27. The smallest absolute Gasteiger partial charge is 0.170 e. The van der Waals surface area contributed by atoms with Gasteiger partial charge in [-0.1, -0.05) is 45.7 Å². The van der Waals surface area contributed by atoms with Crippen LogP contribution < -0.4 is 10.6 Å². The highest BCUT2D eigenvalue weighted by Gasteiger charge is 2.00. The Labute approximate surface area is 144 Å². The van der Waals surface area contributed by atoms with E-state index in [1.165, 1.54) is 5.56 Å². The molecule has 0 amide bonds. The van der Waals surface area contributed by atoms with Gasteiger partial charge in [0.2, 0.25) is 0 Å². The molecule has 5 heteroatoms. The number of benzene rings is 2. The highest BCUT2D eigenvalue weighted by molar-refractivity contribution is 9.10. The summed E-state index contributed by atoms with van der Waals surface area (Å²) < 4.78 is 1.05. The standard InChI is InChI=1S/C16H16BrClN2S/c17-13-7-9-14(10-8-13)20-16(21)19-11-3-5-12-4-1-2-6-15(12)18/h1-2,4,6-10H,3,5,11H2,(H2,19,20,21). The van der Waals surface area contributed by atoms with Gasteiger partial charge < -0.3 is 10.6 Å². The van der Waals surface area contributed by atoms with Crippen LogP contribution in [-0.2, 0) is 6.42 Å². The third-order valence-corrected chi connectivity index (χ3v) is 4.11. The molecule has 0 saturated heterocycles. The zero-order valence-corrected chi connectivity index (χ0v) is 14.6. The van der Waals surface area contributed by atoms with Crippen LogP contribution in [0.5, 0.6) is 0 Å². The fourth-order valence-electron chi connectivity index (χ4n) is 1.89. The van der Waals surface area contributed by atoms with Crippen molar-refractivity contribution in [1.82, 2.24) is 5.32 Å². The zero-order chi connectivity index (χ0) is 15.1. The van der Waals surface area contributed by atoms with E-state index < -0.39 is 0 Å². The molecule has 2 rings (SSSR count). The Morgan fingerprint density at radius 1 is 1.10 bits per heavy atom. The van der Waals surface area contributed by atoms with Gasteiger partial charge in [0, 0.05) is 21.7 Å². The molecule has 2 N–H and O–H groups in total. The SMILES string of the molecule is S=C(NCCCc1ccccc1Cl)Nc1ccc(Br)cc1. The summed E-state index contributed by atoms with van der Waals surface area (Å²) in [6.07, 6.45) is 1.92. The van der Waals surface area contributed by atoms with Gasteiger partial charge in [0.05, 0.1) is 0 Å². The second-order valence-corrected chi connectivity index (χ2v) is 6.31. The van der Waals surface area contributed by atoms with Gasteiger partial charge in [-0.05, 0) is 61.0 Å². The van der Waals surface area contributed by atoms with Gasteiger partial charge in [-0.2, -0.15) is 0 Å². The van der Waals surface area contributed by atoms with E-state index >= 15 is 0 Å². The molecule has 2 aromatic carbocycles. The van der Waals surface area contributed by atoms with E-state index in [0.717, 1.165) is 34.6 Å². The molecule has 0 heterocycles. The Balaban J connectivity index is 1.70. The van der Waals surface area contributed by atoms with Crippen molar-refractivity contribution in [3.8, 4) is 0 Å². The number of thiocarbonyl (C=S) groups is 1. The topological polar surface area (TPSA) is 24.1 Å². The number of halogens is 2. The van der Waals surface area contributed by atoms with Crippen LogP contribution in [0.3, 0.4) is 0 Å². The van der Waals surface area contributed by atoms with Crippen LogP contribution >= 0.6 is 39.7 Å². The van der Waals surface area contributed by atoms with Crippen molar-refractivity contribution in [3.05, 3.63) is 63.6 Å². The molecule has 0 radical (unpaired) electrons. The molecule has 0 aromatic heterocycles. The molecular weight excluding hydrogens is 368 g/mol. The number of anilines is 1. The fourth-order valence-corrected chi connectivity index (χ4v) is 2.60. The lowest BCUT2D eigenvalue weighted by molar-refractivity contribution is 0.777. The normalized spacial score (nSPS) is 10.2. The fraction of sp³-hybridized carbons (Fsp3) is 0.188. The quantitative estimate of drug-likeness (QED) is 0.560. The van der Waals surface area contributed by atoms with Crippen molar-refractivity contribution in [2.45, 2.75) is 12.8 Å². The van der Waals surface area contributed by atoms with Crippen molar-refractivity contribution < 1.29 is 0 Å². The molecule has 0 saturated carbocycles. The minimum Gasteiger partial charge on any atom is -0.362 e. The summed E-state index contributed by atoms with van der Waals surface area (Å²) in [6.45, 7) is 0.813. The van der Waals surface area contributed by atoms with E-state index in [-0.39, 0.29) is 0 Å². The average Bonchev–Trinajstić information content (AvgIpc) is 2.48. The summed E-state index contributed by atoms with van der Waals surface area (Å²) in [5.41, 5.74) is 2.15. The Bertz CT molecular complexity index is 601. The molecule has 0 spiro atoms. The first-order valence-electron chi connectivity index (χ1n) is 6.69. The second kappa shape index (κ2) is 8.37. The highest BCUT2D eigenvalue weighted by Crippen LogP contribution is 2.16. The average molecular weight is 384 g/mol. The van der Waals surface area contributed by atoms with Crippen LogP contribution in [0, 0.1) is 0 Å². The van der Waals surface area contributed by atoms with Crippen LogP contribution in [0.2, 0.25) is 5.02 Å². The third kappa shape index (κ3) is 5.65. The molecular formula is C16H16BrClN2S. The minimum absolute atomic E-state index is 0.636. The van der Waals surface area contributed by atoms with Crippen LogP contribution in [0.1, 0.15) is 12.0 Å². The number of hydrogen-bond acceptors (Lipinski definition) is 1. The van der Waals surface area contributed by atoms with E-state index in [9.17, 15) is 0 Å². The van der Waals surface area contributed by atoms with Crippen molar-refractivity contribution in [1.29, 1.82) is 0 Å². The Morgan fingerprint density at radius 2 is 1.81 bits per heavy atom. The predicted molar refractivity (Wildman–Crippen MR) is 98.1 cm³/mol. The molecule has 0 bridgehead atoms. The van der Waals surface area contributed by atoms with E-state index in [0.29, 0.717) is 5.11 Å². The first kappa shape index (κ1) is 16.3. The van der Waals surface area contributed by atoms with Gasteiger partial charge in [0.25, 0.3) is 0 Å². The predicted octanol–water partition coefficient (Wildman–Crippen LogP) is 5.02. The summed E-state index contributed by atoms with van der Waals surface area (Å²) >= 11 is 14.8. The van der Waals surface area contributed by atoms with Crippen LogP contribution in [0.15, 0.2) is 53.0 Å². The largest absolute Gasteiger partial charge is 0.362 e. The van der Waals surface area contributed by atoms with E-state index in [4.69, 9.17) is 23.8 Å². The molecule has 0 fully saturated rings. The maximum atomic E-state index is 6.12. The maximum Gasteiger partial charge on any atom is 0.170 e. The summed E-state index contributed by atoms with van der Waals surface area (Å²) in [6, 6.07) is 15.8. The molecule has 0 aliphatic rings. The third-order valence-electron chi connectivity index (χ3n) is 2.97. The number of aryl methyl sites for hydroxylation is 1. The minimum atomic E-state index is 0.636. The Hall–Kier alpha value is -1.10. The van der Waals surface area contributed by atoms with E-state index in [1.807, 2.05) is 42.5 Å². The van der Waals surface area contributed by atoms with E-state index in [2.05, 4.69) is 32.6 Å². The molecule has 0 atom stereocenters. The van der Waals surface area contributed by atoms with Gasteiger partial charge in [-0.3, -0.25) is 0 Å². The summed E-state index contributed by atoms with van der Waals surface area (Å²) in [5.74, 6) is 0. The van der Waals surface area contributed by atoms with Gasteiger partial charge in [-0.25, -0.2) is 0 Å². The summed E-state index contributed by atoms with van der Waals surface area (Å²) in [5, 5.41) is 7.82. The number of hydrogen-bond donors (Lipinski definition) is 2. The lowest BCUT2D eigenvalue weighted by Crippen LogP contribution is -2.29. The van der Waals surface area contributed by atoms with Crippen LogP contribution in [0.4, 0.5) is 5.69 Å². The van der Waals surface area contributed by atoms with Crippen LogP contribution in [0.25, 0.3) is 0 Å². The Morgan fingerprint density at radius 3 is 2.52 bits per heavy atom. The maximum absolute atomic E-state index is 6.12. The van der Waals surface area contributed by atoms with Crippen molar-refractivity contribution in [3.63, 3.8) is 0 Å². The molecule has 0 aliphatic heterocycles. The lowest BCUT2D eigenvalue weighted by atomic mass is 10.1. The molecule has 110 valence electrons. The molecule has 21 heavy (non-hydrogen) atoms. The molecule has 0 unspecified atom stereocenters. The number of nitrogens with one attached hydrogen (secondary N) is 2. The van der Waals surface area contributed by atoms with Crippen molar-refractivity contribution in [2.75, 3.05) is 11.9 Å². The molecule has 2 nitrogen and oxygen atoms in total. The summed E-state index contributed by atoms with van der Waals surface area (Å²) in [7, 11) is 0. The van der Waals surface area contributed by atoms with Gasteiger partial charge in [0.15, 0.2) is 5.11 Å².